The lowest BCUT2D eigenvalue weighted by atomic mass is 9.92. The van der Waals surface area contributed by atoms with Crippen molar-refractivity contribution < 1.29 is 9.53 Å². The summed E-state index contributed by atoms with van der Waals surface area (Å²) in [6.45, 7) is 1.81. The standard InChI is InChI=1S/C19H16O2/c1-19(16-10-6-3-7-11-16)18(20)14-17(21-19)13-12-15-8-4-2-5-9-15/h2-14H,1H3/b13-12+. The molecule has 0 aromatic heterocycles. The van der Waals surface area contributed by atoms with Gasteiger partial charge in [0.25, 0.3) is 0 Å². The van der Waals surface area contributed by atoms with Crippen LogP contribution in [0, 0.1) is 0 Å². The van der Waals surface area contributed by atoms with Crippen molar-refractivity contribution in [1.29, 1.82) is 0 Å². The van der Waals surface area contributed by atoms with E-state index in [0.29, 0.717) is 5.76 Å². The molecule has 1 atom stereocenters. The maximum absolute atomic E-state index is 12.3. The second-order valence-electron chi connectivity index (χ2n) is 5.16. The van der Waals surface area contributed by atoms with Gasteiger partial charge >= 0.3 is 0 Å². The summed E-state index contributed by atoms with van der Waals surface area (Å²) in [5.41, 5.74) is 1.02. The summed E-state index contributed by atoms with van der Waals surface area (Å²) in [6, 6.07) is 19.5. The molecule has 21 heavy (non-hydrogen) atoms. The summed E-state index contributed by atoms with van der Waals surface area (Å²) in [5.74, 6) is 0.566. The van der Waals surface area contributed by atoms with Gasteiger partial charge in [-0.25, -0.2) is 0 Å². The fourth-order valence-electron chi connectivity index (χ4n) is 2.36. The Morgan fingerprint density at radius 1 is 0.905 bits per heavy atom. The monoisotopic (exact) mass is 276 g/mol. The highest BCUT2D eigenvalue weighted by molar-refractivity contribution is 6.00. The fraction of sp³-hybridized carbons (Fsp3) is 0.105. The van der Waals surface area contributed by atoms with Crippen LogP contribution in [0.2, 0.25) is 0 Å². The summed E-state index contributed by atoms with van der Waals surface area (Å²) < 4.78 is 5.89. The molecule has 1 aliphatic rings. The lowest BCUT2D eigenvalue weighted by Crippen LogP contribution is -2.29. The molecule has 2 heteroatoms. The van der Waals surface area contributed by atoms with Gasteiger partial charge in [0.15, 0.2) is 5.60 Å². The van der Waals surface area contributed by atoms with E-state index in [4.69, 9.17) is 4.74 Å². The van der Waals surface area contributed by atoms with Crippen LogP contribution in [-0.2, 0) is 15.1 Å². The van der Waals surface area contributed by atoms with E-state index in [0.717, 1.165) is 11.1 Å². The van der Waals surface area contributed by atoms with Gasteiger partial charge in [-0.15, -0.1) is 0 Å². The van der Waals surface area contributed by atoms with Crippen molar-refractivity contribution >= 4 is 11.9 Å². The van der Waals surface area contributed by atoms with Gasteiger partial charge in [-0.05, 0) is 18.6 Å². The quantitative estimate of drug-likeness (QED) is 0.843. The highest BCUT2D eigenvalue weighted by atomic mass is 16.5. The molecule has 0 amide bonds. The topological polar surface area (TPSA) is 26.3 Å². The number of benzene rings is 2. The Hall–Kier alpha value is -2.61. The number of allylic oxidation sites excluding steroid dienone is 1. The van der Waals surface area contributed by atoms with Crippen LogP contribution in [0.1, 0.15) is 18.1 Å². The Morgan fingerprint density at radius 2 is 1.52 bits per heavy atom. The van der Waals surface area contributed by atoms with Crippen molar-refractivity contribution in [1.82, 2.24) is 0 Å². The van der Waals surface area contributed by atoms with E-state index in [1.165, 1.54) is 0 Å². The van der Waals surface area contributed by atoms with E-state index in [9.17, 15) is 4.79 Å². The molecule has 0 bridgehead atoms. The van der Waals surface area contributed by atoms with Crippen LogP contribution in [0.15, 0.2) is 78.6 Å². The predicted octanol–water partition coefficient (Wildman–Crippen LogP) is 4.10. The van der Waals surface area contributed by atoms with E-state index < -0.39 is 5.60 Å². The largest absolute Gasteiger partial charge is 0.475 e. The Bertz CT molecular complexity index is 699. The predicted molar refractivity (Wildman–Crippen MR) is 83.4 cm³/mol. The zero-order chi connectivity index (χ0) is 14.7. The smallest absolute Gasteiger partial charge is 0.207 e. The van der Waals surface area contributed by atoms with Crippen molar-refractivity contribution in [3.8, 4) is 0 Å². The number of carbonyl (C=O) groups excluding carboxylic acids is 1. The highest BCUT2D eigenvalue weighted by Gasteiger charge is 2.40. The van der Waals surface area contributed by atoms with Crippen molar-refractivity contribution in [2.24, 2.45) is 0 Å². The molecule has 0 saturated carbocycles. The van der Waals surface area contributed by atoms with Crippen LogP contribution in [0.5, 0.6) is 0 Å². The SMILES string of the molecule is CC1(c2ccccc2)OC(/C=C/c2ccccc2)=CC1=O. The summed E-state index contributed by atoms with van der Waals surface area (Å²) >= 11 is 0. The van der Waals surface area contributed by atoms with E-state index in [1.54, 1.807) is 6.08 Å². The molecule has 0 N–H and O–H groups in total. The van der Waals surface area contributed by atoms with Gasteiger partial charge < -0.3 is 4.74 Å². The molecule has 104 valence electrons. The van der Waals surface area contributed by atoms with Crippen LogP contribution in [0.3, 0.4) is 0 Å². The average Bonchev–Trinajstić information content (AvgIpc) is 2.83. The second kappa shape index (κ2) is 5.41. The normalized spacial score (nSPS) is 21.4. The molecule has 3 rings (SSSR count). The summed E-state index contributed by atoms with van der Waals surface area (Å²) in [4.78, 5) is 12.3. The van der Waals surface area contributed by atoms with Crippen molar-refractivity contribution in [2.75, 3.05) is 0 Å². The number of ether oxygens (including phenoxy) is 1. The molecule has 2 nitrogen and oxygen atoms in total. The van der Waals surface area contributed by atoms with Gasteiger partial charge in [0.1, 0.15) is 5.76 Å². The fourth-order valence-corrected chi connectivity index (χ4v) is 2.36. The van der Waals surface area contributed by atoms with Gasteiger partial charge in [-0.1, -0.05) is 66.7 Å². The first-order valence-corrected chi connectivity index (χ1v) is 6.92. The molecule has 0 saturated heterocycles. The molecule has 1 unspecified atom stereocenters. The minimum absolute atomic E-state index is 0.0265. The summed E-state index contributed by atoms with van der Waals surface area (Å²) in [7, 11) is 0. The van der Waals surface area contributed by atoms with Crippen molar-refractivity contribution in [3.63, 3.8) is 0 Å². The third-order valence-corrected chi connectivity index (χ3v) is 3.63. The number of hydrogen-bond donors (Lipinski definition) is 0. The van der Waals surface area contributed by atoms with E-state index >= 15 is 0 Å². The lowest BCUT2D eigenvalue weighted by molar-refractivity contribution is -0.129. The molecular weight excluding hydrogens is 260 g/mol. The molecule has 0 aliphatic carbocycles. The highest BCUT2D eigenvalue weighted by Crippen LogP contribution is 2.35. The maximum atomic E-state index is 12.3. The van der Waals surface area contributed by atoms with E-state index in [-0.39, 0.29) is 5.78 Å². The van der Waals surface area contributed by atoms with Crippen molar-refractivity contribution in [2.45, 2.75) is 12.5 Å². The third kappa shape index (κ3) is 2.65. The Morgan fingerprint density at radius 3 is 2.19 bits per heavy atom. The van der Waals surface area contributed by atoms with Crippen molar-refractivity contribution in [3.05, 3.63) is 89.7 Å². The van der Waals surface area contributed by atoms with Gasteiger partial charge in [-0.2, -0.15) is 0 Å². The minimum atomic E-state index is -0.919. The Labute approximate surface area is 124 Å². The molecule has 0 fully saturated rings. The molecule has 1 heterocycles. The van der Waals surface area contributed by atoms with Crippen LogP contribution < -0.4 is 0 Å². The van der Waals surface area contributed by atoms with Gasteiger partial charge in [0.2, 0.25) is 5.78 Å². The first kappa shape index (κ1) is 13.4. The number of carbonyl (C=O) groups is 1. The number of rotatable bonds is 3. The van der Waals surface area contributed by atoms with Crippen LogP contribution >= 0.6 is 0 Å². The molecule has 2 aromatic carbocycles. The second-order valence-corrected chi connectivity index (χ2v) is 5.16. The number of hydrogen-bond acceptors (Lipinski definition) is 2. The third-order valence-electron chi connectivity index (χ3n) is 3.63. The minimum Gasteiger partial charge on any atom is -0.475 e. The molecular formula is C19H16O2. The average molecular weight is 276 g/mol. The van der Waals surface area contributed by atoms with E-state index in [1.807, 2.05) is 79.7 Å². The molecule has 0 spiro atoms. The zero-order valence-electron chi connectivity index (χ0n) is 11.8. The van der Waals surface area contributed by atoms with E-state index in [2.05, 4.69) is 0 Å². The lowest BCUT2D eigenvalue weighted by Gasteiger charge is -2.23. The first-order valence-electron chi connectivity index (χ1n) is 6.92. The van der Waals surface area contributed by atoms with Crippen LogP contribution in [0.25, 0.3) is 6.08 Å². The molecule has 0 radical (unpaired) electrons. The molecule has 2 aromatic rings. The van der Waals surface area contributed by atoms with Gasteiger partial charge in [0.05, 0.1) is 0 Å². The number of ketones is 1. The van der Waals surface area contributed by atoms with Gasteiger partial charge in [-0.3, -0.25) is 4.79 Å². The van der Waals surface area contributed by atoms with Crippen LogP contribution in [0.4, 0.5) is 0 Å². The Balaban J connectivity index is 1.81. The van der Waals surface area contributed by atoms with Crippen LogP contribution in [-0.4, -0.2) is 5.78 Å². The zero-order valence-corrected chi connectivity index (χ0v) is 11.8. The summed E-state index contributed by atoms with van der Waals surface area (Å²) in [5, 5.41) is 0. The maximum Gasteiger partial charge on any atom is 0.207 e. The summed E-state index contributed by atoms with van der Waals surface area (Å²) in [6.07, 6.45) is 5.34. The van der Waals surface area contributed by atoms with Gasteiger partial charge in [0, 0.05) is 11.6 Å². The molecule has 1 aliphatic heterocycles. The Kier molecular flexibility index (Phi) is 3.44. The first-order chi connectivity index (χ1) is 10.2.